The molecule has 3 saturated heterocycles. The Morgan fingerprint density at radius 3 is 2.62 bits per heavy atom. The molecule has 2 aromatic rings. The van der Waals surface area contributed by atoms with Crippen LogP contribution in [-0.4, -0.2) is 34.8 Å². The summed E-state index contributed by atoms with van der Waals surface area (Å²) in [5.74, 6) is 1.15. The molecule has 3 heterocycles. The Balaban J connectivity index is 1.70. The molecule has 3 aliphatic heterocycles. The normalized spacial score (nSPS) is 30.1. The minimum absolute atomic E-state index is 0.177. The third-order valence-electron chi connectivity index (χ3n) is 7.28. The molecule has 5 unspecified atom stereocenters. The number of hydrogen-bond donors (Lipinski definition) is 2. The number of aliphatic hydroxyl groups is 1. The van der Waals surface area contributed by atoms with Crippen LogP contribution < -0.4 is 5.73 Å². The van der Waals surface area contributed by atoms with Gasteiger partial charge in [-0.25, -0.2) is 0 Å². The van der Waals surface area contributed by atoms with Gasteiger partial charge in [0.15, 0.2) is 0 Å². The summed E-state index contributed by atoms with van der Waals surface area (Å²) in [6.07, 6.45) is 5.92. The SMILES string of the molecule is C=CC1C[N+]2(Cc3ccccc3)CCC1CC2C(O)/C(=C/C)c1ccccc1N. The zero-order valence-electron chi connectivity index (χ0n) is 17.4. The number of hydrogen-bond acceptors (Lipinski definition) is 2. The fraction of sp³-hybridized carbons (Fsp3) is 0.385. The summed E-state index contributed by atoms with van der Waals surface area (Å²) in [6.45, 7) is 9.27. The molecule has 3 heteroatoms. The van der Waals surface area contributed by atoms with Gasteiger partial charge >= 0.3 is 0 Å². The molecule has 29 heavy (non-hydrogen) atoms. The van der Waals surface area contributed by atoms with Crippen molar-refractivity contribution in [1.82, 2.24) is 0 Å². The number of nitrogens with zero attached hydrogens (tertiary/aromatic N) is 1. The van der Waals surface area contributed by atoms with Gasteiger partial charge in [-0.3, -0.25) is 0 Å². The molecule has 152 valence electrons. The van der Waals surface area contributed by atoms with Crippen molar-refractivity contribution in [3.8, 4) is 0 Å². The van der Waals surface area contributed by atoms with Crippen LogP contribution in [0.25, 0.3) is 5.57 Å². The first-order chi connectivity index (χ1) is 14.1. The van der Waals surface area contributed by atoms with Crippen molar-refractivity contribution < 1.29 is 9.59 Å². The lowest BCUT2D eigenvalue weighted by atomic mass is 9.70. The molecule has 3 nitrogen and oxygen atoms in total. The quantitative estimate of drug-likeness (QED) is 0.429. The largest absolute Gasteiger partial charge is 0.398 e. The van der Waals surface area contributed by atoms with E-state index < -0.39 is 6.10 Å². The van der Waals surface area contributed by atoms with E-state index in [4.69, 9.17) is 5.73 Å². The molecule has 3 N–H and O–H groups in total. The third kappa shape index (κ3) is 3.65. The van der Waals surface area contributed by atoms with Crippen LogP contribution >= 0.6 is 0 Å². The van der Waals surface area contributed by atoms with Crippen molar-refractivity contribution in [1.29, 1.82) is 0 Å². The van der Waals surface area contributed by atoms with Crippen LogP contribution in [0.5, 0.6) is 0 Å². The van der Waals surface area contributed by atoms with E-state index in [1.807, 2.05) is 37.3 Å². The zero-order valence-corrected chi connectivity index (χ0v) is 17.4. The summed E-state index contributed by atoms with van der Waals surface area (Å²) in [6, 6.07) is 18.8. The van der Waals surface area contributed by atoms with Gasteiger partial charge in [-0.2, -0.15) is 0 Å². The first-order valence-corrected chi connectivity index (χ1v) is 10.8. The lowest BCUT2D eigenvalue weighted by Crippen LogP contribution is -2.69. The first kappa shape index (κ1) is 19.9. The summed E-state index contributed by atoms with van der Waals surface area (Å²) >= 11 is 0. The molecular formula is C26H33N2O+. The van der Waals surface area contributed by atoms with E-state index in [-0.39, 0.29) is 6.04 Å². The van der Waals surface area contributed by atoms with Gasteiger partial charge in [0.05, 0.1) is 13.1 Å². The maximum atomic E-state index is 11.7. The maximum absolute atomic E-state index is 11.7. The van der Waals surface area contributed by atoms with Gasteiger partial charge in [0.25, 0.3) is 0 Å². The highest BCUT2D eigenvalue weighted by molar-refractivity contribution is 5.77. The van der Waals surface area contributed by atoms with E-state index in [1.165, 1.54) is 12.0 Å². The second kappa shape index (κ2) is 8.17. The van der Waals surface area contributed by atoms with Crippen molar-refractivity contribution in [3.05, 3.63) is 84.5 Å². The van der Waals surface area contributed by atoms with Crippen molar-refractivity contribution >= 4 is 11.3 Å². The molecule has 3 aliphatic rings. The molecule has 0 amide bonds. The van der Waals surface area contributed by atoms with Gasteiger partial charge in [0, 0.05) is 35.6 Å². The van der Waals surface area contributed by atoms with Crippen molar-refractivity contribution in [2.24, 2.45) is 11.8 Å². The molecule has 5 atom stereocenters. The van der Waals surface area contributed by atoms with E-state index in [0.717, 1.165) is 47.4 Å². The number of para-hydroxylation sites is 1. The highest BCUT2D eigenvalue weighted by Crippen LogP contribution is 2.46. The monoisotopic (exact) mass is 389 g/mol. The summed E-state index contributed by atoms with van der Waals surface area (Å²) in [4.78, 5) is 0. The topological polar surface area (TPSA) is 46.2 Å². The Labute approximate surface area is 174 Å². The van der Waals surface area contributed by atoms with Crippen molar-refractivity contribution in [3.63, 3.8) is 0 Å². The summed E-state index contributed by atoms with van der Waals surface area (Å²) in [5, 5.41) is 11.7. The van der Waals surface area contributed by atoms with Crippen LogP contribution in [0.15, 0.2) is 73.3 Å². The molecule has 0 aromatic heterocycles. The van der Waals surface area contributed by atoms with Gasteiger partial charge in [-0.1, -0.05) is 60.7 Å². The second-order valence-corrected chi connectivity index (χ2v) is 8.80. The third-order valence-corrected chi connectivity index (χ3v) is 7.28. The minimum Gasteiger partial charge on any atom is -0.398 e. The zero-order chi connectivity index (χ0) is 20.4. The Morgan fingerprint density at radius 2 is 1.93 bits per heavy atom. The van der Waals surface area contributed by atoms with Crippen LogP contribution in [-0.2, 0) is 6.54 Å². The standard InChI is InChI=1S/C26H33N2O/c1-3-20-18-28(17-19-10-6-5-7-11-19)15-14-21(20)16-25(28)26(29)22(4-2)23-12-8-9-13-24(23)27/h3-13,20-21,25-26,29H,1,14-18,27H2,2H3/q+1/b22-4+. The molecular weight excluding hydrogens is 356 g/mol. The van der Waals surface area contributed by atoms with Crippen molar-refractivity contribution in [2.45, 2.75) is 38.5 Å². The first-order valence-electron chi connectivity index (χ1n) is 10.8. The van der Waals surface area contributed by atoms with E-state index in [9.17, 15) is 5.11 Å². The number of anilines is 1. The molecule has 5 rings (SSSR count). The van der Waals surface area contributed by atoms with Crippen molar-refractivity contribution in [2.75, 3.05) is 18.8 Å². The Bertz CT molecular complexity index is 891. The molecule has 0 aliphatic carbocycles. The lowest BCUT2D eigenvalue weighted by Gasteiger charge is -2.58. The van der Waals surface area contributed by atoms with Crippen LogP contribution in [0.2, 0.25) is 0 Å². The van der Waals surface area contributed by atoms with Gasteiger partial charge in [-0.05, 0) is 24.5 Å². The van der Waals surface area contributed by atoms with E-state index in [2.05, 4.69) is 43.0 Å². The molecule has 0 spiro atoms. The number of quaternary nitrogens is 1. The summed E-state index contributed by atoms with van der Waals surface area (Å²) < 4.78 is 0.933. The Kier molecular flexibility index (Phi) is 5.62. The molecule has 0 saturated carbocycles. The second-order valence-electron chi connectivity index (χ2n) is 8.80. The Hall–Kier alpha value is -2.36. The highest BCUT2D eigenvalue weighted by atomic mass is 16.3. The number of aliphatic hydroxyl groups excluding tert-OH is 1. The van der Waals surface area contributed by atoms with E-state index in [1.54, 1.807) is 0 Å². The van der Waals surface area contributed by atoms with Gasteiger partial charge in [0.2, 0.25) is 0 Å². The average molecular weight is 390 g/mol. The van der Waals surface area contributed by atoms with E-state index >= 15 is 0 Å². The smallest absolute Gasteiger partial charge is 0.131 e. The number of rotatable bonds is 6. The number of nitrogen functional groups attached to an aromatic ring is 1. The number of fused-ring (bicyclic) bond motifs is 3. The maximum Gasteiger partial charge on any atom is 0.131 e. The molecule has 2 bridgehead atoms. The van der Waals surface area contributed by atoms with Crippen LogP contribution in [0, 0.1) is 11.8 Å². The fourth-order valence-corrected chi connectivity index (χ4v) is 5.78. The fourth-order valence-electron chi connectivity index (χ4n) is 5.78. The molecule has 3 fully saturated rings. The average Bonchev–Trinajstić information content (AvgIpc) is 2.76. The number of piperidine rings is 3. The molecule has 2 aromatic carbocycles. The number of benzene rings is 2. The lowest BCUT2D eigenvalue weighted by molar-refractivity contribution is -0.983. The summed E-state index contributed by atoms with van der Waals surface area (Å²) in [5.41, 5.74) is 10.3. The number of allylic oxidation sites excluding steroid dienone is 1. The van der Waals surface area contributed by atoms with Gasteiger partial charge in [-0.15, -0.1) is 6.58 Å². The Morgan fingerprint density at radius 1 is 1.21 bits per heavy atom. The van der Waals surface area contributed by atoms with Gasteiger partial charge in [0.1, 0.15) is 18.7 Å². The van der Waals surface area contributed by atoms with Crippen LogP contribution in [0.1, 0.15) is 30.9 Å². The van der Waals surface area contributed by atoms with Gasteiger partial charge < -0.3 is 15.3 Å². The summed E-state index contributed by atoms with van der Waals surface area (Å²) in [7, 11) is 0. The van der Waals surface area contributed by atoms with Crippen LogP contribution in [0.4, 0.5) is 5.69 Å². The molecule has 0 radical (unpaired) electrons. The minimum atomic E-state index is -0.526. The van der Waals surface area contributed by atoms with Crippen LogP contribution in [0.3, 0.4) is 0 Å². The predicted molar refractivity (Wildman–Crippen MR) is 121 cm³/mol. The number of nitrogens with two attached hydrogens (primary N) is 1. The predicted octanol–water partition coefficient (Wildman–Crippen LogP) is 4.64. The van der Waals surface area contributed by atoms with E-state index in [0.29, 0.717) is 11.8 Å². The highest BCUT2D eigenvalue weighted by Gasteiger charge is 2.54.